The van der Waals surface area contributed by atoms with Crippen LogP contribution in [0.4, 0.5) is 11.4 Å². The Morgan fingerprint density at radius 3 is 2.63 bits per heavy atom. The minimum atomic E-state index is -0.106. The largest absolute Gasteiger partial charge is 0.398 e. The molecule has 0 radical (unpaired) electrons. The number of nitrogens with two attached hydrogens (primary N) is 1. The molecule has 0 fully saturated rings. The van der Waals surface area contributed by atoms with E-state index in [1.807, 2.05) is 25.1 Å². The van der Waals surface area contributed by atoms with Crippen molar-refractivity contribution in [3.8, 4) is 0 Å². The van der Waals surface area contributed by atoms with E-state index in [-0.39, 0.29) is 5.91 Å². The lowest BCUT2D eigenvalue weighted by atomic mass is 10.0. The Hall–Kier alpha value is -1.81. The lowest BCUT2D eigenvalue weighted by molar-refractivity contribution is 0.103. The van der Waals surface area contributed by atoms with Crippen molar-refractivity contribution in [1.82, 2.24) is 0 Å². The van der Waals surface area contributed by atoms with Gasteiger partial charge in [-0.25, -0.2) is 0 Å². The van der Waals surface area contributed by atoms with Gasteiger partial charge in [0.25, 0.3) is 5.91 Å². The van der Waals surface area contributed by atoms with Crippen molar-refractivity contribution in [1.29, 1.82) is 0 Å². The Morgan fingerprint density at radius 2 is 2.05 bits per heavy atom. The van der Waals surface area contributed by atoms with E-state index in [1.54, 1.807) is 6.07 Å². The SMILES string of the molecule is Cc1sc(C(=O)Nc2cccc(C(C)C)c2)cc1N. The van der Waals surface area contributed by atoms with Gasteiger partial charge in [-0.2, -0.15) is 0 Å². The van der Waals surface area contributed by atoms with Gasteiger partial charge < -0.3 is 11.1 Å². The molecule has 0 bridgehead atoms. The number of carbonyl (C=O) groups excluding carboxylic acids is 1. The van der Waals surface area contributed by atoms with E-state index in [0.717, 1.165) is 10.6 Å². The predicted molar refractivity (Wildman–Crippen MR) is 82.0 cm³/mol. The zero-order valence-corrected chi connectivity index (χ0v) is 12.2. The molecule has 1 aromatic carbocycles. The maximum Gasteiger partial charge on any atom is 0.265 e. The Kier molecular flexibility index (Phi) is 3.90. The number of aryl methyl sites for hydroxylation is 1. The number of nitrogens with one attached hydrogen (secondary N) is 1. The van der Waals surface area contributed by atoms with Crippen LogP contribution in [0.3, 0.4) is 0 Å². The van der Waals surface area contributed by atoms with Gasteiger partial charge in [-0.15, -0.1) is 11.3 Å². The molecule has 1 aromatic heterocycles. The summed E-state index contributed by atoms with van der Waals surface area (Å²) in [6.45, 7) is 6.17. The molecule has 0 aliphatic heterocycles. The van der Waals surface area contributed by atoms with E-state index in [9.17, 15) is 4.79 Å². The standard InChI is InChI=1S/C15H18N2OS/c1-9(2)11-5-4-6-12(7-11)17-15(18)14-8-13(16)10(3)19-14/h4-9H,16H2,1-3H3,(H,17,18). The Balaban J connectivity index is 2.17. The van der Waals surface area contributed by atoms with Gasteiger partial charge in [0, 0.05) is 16.3 Å². The van der Waals surface area contributed by atoms with E-state index in [0.29, 0.717) is 16.5 Å². The van der Waals surface area contributed by atoms with E-state index < -0.39 is 0 Å². The molecule has 100 valence electrons. The molecule has 2 rings (SSSR count). The highest BCUT2D eigenvalue weighted by Crippen LogP contribution is 2.25. The summed E-state index contributed by atoms with van der Waals surface area (Å²) in [5, 5.41) is 2.91. The highest BCUT2D eigenvalue weighted by atomic mass is 32.1. The molecule has 0 atom stereocenters. The summed E-state index contributed by atoms with van der Waals surface area (Å²) in [5.74, 6) is 0.335. The average molecular weight is 274 g/mol. The monoisotopic (exact) mass is 274 g/mol. The molecular weight excluding hydrogens is 256 g/mol. The fraction of sp³-hybridized carbons (Fsp3) is 0.267. The number of anilines is 2. The van der Waals surface area contributed by atoms with Crippen molar-refractivity contribution in [2.45, 2.75) is 26.7 Å². The molecule has 3 N–H and O–H groups in total. The van der Waals surface area contributed by atoms with Gasteiger partial charge in [-0.05, 0) is 36.6 Å². The Morgan fingerprint density at radius 1 is 1.32 bits per heavy atom. The topological polar surface area (TPSA) is 55.1 Å². The molecule has 0 saturated carbocycles. The maximum absolute atomic E-state index is 12.1. The Bertz CT molecular complexity index is 582. The molecule has 0 unspecified atom stereocenters. The Labute approximate surface area is 117 Å². The zero-order valence-electron chi connectivity index (χ0n) is 11.4. The van der Waals surface area contributed by atoms with E-state index in [1.165, 1.54) is 16.9 Å². The molecule has 4 heteroatoms. The molecular formula is C15H18N2OS. The summed E-state index contributed by atoms with van der Waals surface area (Å²) < 4.78 is 0. The fourth-order valence-corrected chi connectivity index (χ4v) is 2.61. The second-order valence-corrected chi connectivity index (χ2v) is 6.11. The first-order valence-electron chi connectivity index (χ1n) is 6.24. The van der Waals surface area contributed by atoms with Gasteiger partial charge in [0.15, 0.2) is 0 Å². The first-order valence-corrected chi connectivity index (χ1v) is 7.06. The summed E-state index contributed by atoms with van der Waals surface area (Å²) in [6.07, 6.45) is 0. The van der Waals surface area contributed by atoms with Gasteiger partial charge in [-0.1, -0.05) is 26.0 Å². The summed E-state index contributed by atoms with van der Waals surface area (Å²) in [4.78, 5) is 13.7. The zero-order chi connectivity index (χ0) is 14.0. The molecule has 1 amide bonds. The van der Waals surface area contributed by atoms with Crippen LogP contribution >= 0.6 is 11.3 Å². The number of amides is 1. The molecule has 3 nitrogen and oxygen atoms in total. The summed E-state index contributed by atoms with van der Waals surface area (Å²) >= 11 is 1.42. The molecule has 1 heterocycles. The van der Waals surface area contributed by atoms with Crippen LogP contribution in [0.5, 0.6) is 0 Å². The molecule has 0 aliphatic carbocycles. The van der Waals surface area contributed by atoms with Crippen molar-refractivity contribution >= 4 is 28.6 Å². The summed E-state index contributed by atoms with van der Waals surface area (Å²) in [5.41, 5.74) is 8.47. The number of thiophene rings is 1. The van der Waals surface area contributed by atoms with Crippen LogP contribution in [-0.4, -0.2) is 5.91 Å². The lowest BCUT2D eigenvalue weighted by Crippen LogP contribution is -2.10. The van der Waals surface area contributed by atoms with Crippen molar-refractivity contribution in [3.05, 3.63) is 45.6 Å². The molecule has 2 aromatic rings. The van der Waals surface area contributed by atoms with Crippen LogP contribution < -0.4 is 11.1 Å². The second-order valence-electron chi connectivity index (χ2n) is 4.86. The number of rotatable bonds is 3. The van der Waals surface area contributed by atoms with Crippen LogP contribution in [0, 0.1) is 6.92 Å². The lowest BCUT2D eigenvalue weighted by Gasteiger charge is -2.08. The van der Waals surface area contributed by atoms with E-state index >= 15 is 0 Å². The first kappa shape index (κ1) is 13.6. The van der Waals surface area contributed by atoms with Gasteiger partial charge in [0.1, 0.15) is 0 Å². The van der Waals surface area contributed by atoms with Crippen molar-refractivity contribution in [2.24, 2.45) is 0 Å². The number of benzene rings is 1. The number of carbonyl (C=O) groups is 1. The van der Waals surface area contributed by atoms with E-state index in [4.69, 9.17) is 5.73 Å². The number of hydrogen-bond acceptors (Lipinski definition) is 3. The highest BCUT2D eigenvalue weighted by molar-refractivity contribution is 7.14. The molecule has 19 heavy (non-hydrogen) atoms. The minimum Gasteiger partial charge on any atom is -0.398 e. The van der Waals surface area contributed by atoms with Gasteiger partial charge in [0.05, 0.1) is 4.88 Å². The molecule has 0 spiro atoms. The summed E-state index contributed by atoms with van der Waals surface area (Å²) in [6, 6.07) is 9.65. The predicted octanol–water partition coefficient (Wildman–Crippen LogP) is 4.01. The normalized spacial score (nSPS) is 10.7. The minimum absolute atomic E-state index is 0.106. The van der Waals surface area contributed by atoms with Crippen LogP contribution in [0.15, 0.2) is 30.3 Å². The molecule has 0 saturated heterocycles. The van der Waals surface area contributed by atoms with Gasteiger partial charge in [-0.3, -0.25) is 4.79 Å². The van der Waals surface area contributed by atoms with Crippen molar-refractivity contribution in [2.75, 3.05) is 11.1 Å². The quantitative estimate of drug-likeness (QED) is 0.888. The maximum atomic E-state index is 12.1. The first-order chi connectivity index (χ1) is 8.97. The van der Waals surface area contributed by atoms with Crippen molar-refractivity contribution in [3.63, 3.8) is 0 Å². The molecule has 0 aliphatic rings. The van der Waals surface area contributed by atoms with Crippen LogP contribution in [0.2, 0.25) is 0 Å². The van der Waals surface area contributed by atoms with Crippen LogP contribution in [-0.2, 0) is 0 Å². The van der Waals surface area contributed by atoms with Crippen LogP contribution in [0.25, 0.3) is 0 Å². The fourth-order valence-electron chi connectivity index (χ4n) is 1.78. The third-order valence-electron chi connectivity index (χ3n) is 2.99. The second kappa shape index (κ2) is 5.45. The third-order valence-corrected chi connectivity index (χ3v) is 4.06. The van der Waals surface area contributed by atoms with Gasteiger partial charge in [0.2, 0.25) is 0 Å². The van der Waals surface area contributed by atoms with Crippen molar-refractivity contribution < 1.29 is 4.79 Å². The smallest absolute Gasteiger partial charge is 0.265 e. The summed E-state index contributed by atoms with van der Waals surface area (Å²) in [7, 11) is 0. The average Bonchev–Trinajstić information content (AvgIpc) is 2.70. The van der Waals surface area contributed by atoms with E-state index in [2.05, 4.69) is 25.2 Å². The highest BCUT2D eigenvalue weighted by Gasteiger charge is 2.11. The van der Waals surface area contributed by atoms with Gasteiger partial charge >= 0.3 is 0 Å². The van der Waals surface area contributed by atoms with Crippen LogP contribution in [0.1, 0.15) is 39.9 Å². The number of nitrogen functional groups attached to an aromatic ring is 1. The third kappa shape index (κ3) is 3.15. The number of hydrogen-bond donors (Lipinski definition) is 2.